The van der Waals surface area contributed by atoms with Gasteiger partial charge in [0, 0.05) is 19.0 Å². The number of aliphatic carboxylic acids is 1. The molecule has 0 bridgehead atoms. The van der Waals surface area contributed by atoms with Crippen LogP contribution in [-0.2, 0) is 9.59 Å². The fraction of sp³-hybridized carbons (Fsp3) is 0.778. The van der Waals surface area contributed by atoms with Crippen molar-refractivity contribution < 1.29 is 14.7 Å². The van der Waals surface area contributed by atoms with Crippen LogP contribution in [0.4, 0.5) is 0 Å². The summed E-state index contributed by atoms with van der Waals surface area (Å²) >= 11 is 0. The first-order chi connectivity index (χ1) is 6.18. The Balaban J connectivity index is 1.98. The van der Waals surface area contributed by atoms with Crippen LogP contribution in [0.5, 0.6) is 0 Å². The molecule has 1 aliphatic heterocycles. The van der Waals surface area contributed by atoms with Crippen LogP contribution < -0.4 is 0 Å². The van der Waals surface area contributed by atoms with Gasteiger partial charge in [0.25, 0.3) is 0 Å². The van der Waals surface area contributed by atoms with Crippen molar-refractivity contribution in [2.24, 2.45) is 5.92 Å². The van der Waals surface area contributed by atoms with Gasteiger partial charge in [0.05, 0.1) is 5.92 Å². The largest absolute Gasteiger partial charge is 0.481 e. The molecule has 0 aromatic rings. The number of amides is 1. The molecule has 1 N–H and O–H groups in total. The molecule has 13 heavy (non-hydrogen) atoms. The lowest BCUT2D eigenvalue weighted by atomic mass is 9.92. The third-order valence-electron chi connectivity index (χ3n) is 3.02. The minimum absolute atomic E-state index is 0.0251. The summed E-state index contributed by atoms with van der Waals surface area (Å²) in [5, 5.41) is 8.74. The maximum Gasteiger partial charge on any atom is 0.308 e. The summed E-state index contributed by atoms with van der Waals surface area (Å²) in [6, 6.07) is 0.344. The molecule has 1 heterocycles. The van der Waals surface area contributed by atoms with Crippen LogP contribution in [0.2, 0.25) is 0 Å². The van der Waals surface area contributed by atoms with Gasteiger partial charge in [0.2, 0.25) is 5.91 Å². The predicted molar refractivity (Wildman–Crippen MR) is 45.1 cm³/mol. The van der Waals surface area contributed by atoms with Gasteiger partial charge in [-0.05, 0) is 19.3 Å². The molecular weight excluding hydrogens is 170 g/mol. The third kappa shape index (κ3) is 1.41. The summed E-state index contributed by atoms with van der Waals surface area (Å²) in [5.74, 6) is -1.28. The first-order valence-electron chi connectivity index (χ1n) is 4.71. The van der Waals surface area contributed by atoms with Crippen molar-refractivity contribution >= 4 is 11.9 Å². The average molecular weight is 183 g/mol. The highest BCUT2D eigenvalue weighted by atomic mass is 16.4. The highest BCUT2D eigenvalue weighted by Gasteiger charge is 2.39. The standard InChI is InChI=1S/C9H13NO3/c11-8-4-6(9(12)13)5-10(8)7-2-1-3-7/h6-7H,1-5H2,(H,12,13)/t6-/m0/s1. The van der Waals surface area contributed by atoms with E-state index in [1.54, 1.807) is 4.90 Å². The lowest BCUT2D eigenvalue weighted by molar-refractivity contribution is -0.141. The van der Waals surface area contributed by atoms with Crippen molar-refractivity contribution in [1.29, 1.82) is 0 Å². The van der Waals surface area contributed by atoms with E-state index in [1.165, 1.54) is 6.42 Å². The van der Waals surface area contributed by atoms with Crippen molar-refractivity contribution in [1.82, 2.24) is 4.90 Å². The van der Waals surface area contributed by atoms with E-state index < -0.39 is 11.9 Å². The molecule has 1 saturated heterocycles. The van der Waals surface area contributed by atoms with E-state index in [4.69, 9.17) is 5.11 Å². The minimum Gasteiger partial charge on any atom is -0.481 e. The SMILES string of the molecule is O=C(O)[C@H]1CC(=O)N(C2CCC2)C1. The molecular formula is C9H13NO3. The van der Waals surface area contributed by atoms with Gasteiger partial charge in [-0.15, -0.1) is 0 Å². The van der Waals surface area contributed by atoms with E-state index in [0.717, 1.165) is 12.8 Å². The summed E-state index contributed by atoms with van der Waals surface area (Å²) in [4.78, 5) is 23.8. The third-order valence-corrected chi connectivity index (χ3v) is 3.02. The molecule has 1 amide bonds. The molecule has 0 unspecified atom stereocenters. The molecule has 2 aliphatic rings. The van der Waals surface area contributed by atoms with E-state index in [1.807, 2.05) is 0 Å². The van der Waals surface area contributed by atoms with Gasteiger partial charge in [-0.3, -0.25) is 9.59 Å². The number of hydrogen-bond acceptors (Lipinski definition) is 2. The Morgan fingerprint density at radius 3 is 2.54 bits per heavy atom. The molecule has 0 radical (unpaired) electrons. The lowest BCUT2D eigenvalue weighted by Crippen LogP contribution is -2.41. The van der Waals surface area contributed by atoms with E-state index >= 15 is 0 Å². The smallest absolute Gasteiger partial charge is 0.308 e. The van der Waals surface area contributed by atoms with Crippen LogP contribution in [0.3, 0.4) is 0 Å². The molecule has 72 valence electrons. The lowest BCUT2D eigenvalue weighted by Gasteiger charge is -2.34. The molecule has 0 spiro atoms. The van der Waals surface area contributed by atoms with Crippen molar-refractivity contribution in [3.05, 3.63) is 0 Å². The topological polar surface area (TPSA) is 57.6 Å². The zero-order valence-electron chi connectivity index (χ0n) is 7.40. The molecule has 2 rings (SSSR count). The first-order valence-corrected chi connectivity index (χ1v) is 4.71. The van der Waals surface area contributed by atoms with Gasteiger partial charge < -0.3 is 10.0 Å². The van der Waals surface area contributed by atoms with Gasteiger partial charge in [0.15, 0.2) is 0 Å². The summed E-state index contributed by atoms with van der Waals surface area (Å²) in [7, 11) is 0. The monoisotopic (exact) mass is 183 g/mol. The quantitative estimate of drug-likeness (QED) is 0.677. The Bertz CT molecular complexity index is 247. The van der Waals surface area contributed by atoms with Crippen molar-refractivity contribution in [2.75, 3.05) is 6.54 Å². The average Bonchev–Trinajstić information content (AvgIpc) is 2.29. The van der Waals surface area contributed by atoms with Crippen molar-refractivity contribution in [3.8, 4) is 0 Å². The van der Waals surface area contributed by atoms with Crippen molar-refractivity contribution in [3.63, 3.8) is 0 Å². The summed E-state index contributed by atoms with van der Waals surface area (Å²) in [5.41, 5.74) is 0. The second kappa shape index (κ2) is 3.01. The zero-order valence-corrected chi connectivity index (χ0v) is 7.40. The number of carboxylic acid groups (broad SMARTS) is 1. The molecule has 0 aromatic heterocycles. The van der Waals surface area contributed by atoms with E-state index in [0.29, 0.717) is 12.6 Å². The Morgan fingerprint density at radius 2 is 2.15 bits per heavy atom. The number of nitrogens with zero attached hydrogens (tertiary/aromatic N) is 1. The van der Waals surface area contributed by atoms with E-state index in [-0.39, 0.29) is 12.3 Å². The van der Waals surface area contributed by atoms with Gasteiger partial charge in [-0.2, -0.15) is 0 Å². The highest BCUT2D eigenvalue weighted by Crippen LogP contribution is 2.30. The van der Waals surface area contributed by atoms with Gasteiger partial charge in [-0.25, -0.2) is 0 Å². The van der Waals surface area contributed by atoms with Crippen LogP contribution in [0.25, 0.3) is 0 Å². The molecule has 0 aromatic carbocycles. The van der Waals surface area contributed by atoms with Gasteiger partial charge in [0.1, 0.15) is 0 Å². The molecule has 2 fully saturated rings. The van der Waals surface area contributed by atoms with Crippen molar-refractivity contribution in [2.45, 2.75) is 31.7 Å². The number of rotatable bonds is 2. The Labute approximate surface area is 76.5 Å². The van der Waals surface area contributed by atoms with E-state index in [9.17, 15) is 9.59 Å². The molecule has 1 atom stereocenters. The molecule has 4 nitrogen and oxygen atoms in total. The molecule has 4 heteroatoms. The Hall–Kier alpha value is -1.06. The van der Waals surface area contributed by atoms with E-state index in [2.05, 4.69) is 0 Å². The summed E-state index contributed by atoms with van der Waals surface area (Å²) in [6.07, 6.45) is 3.48. The second-order valence-electron chi connectivity index (χ2n) is 3.87. The van der Waals surface area contributed by atoms with Crippen LogP contribution in [0.1, 0.15) is 25.7 Å². The maximum absolute atomic E-state index is 11.4. The number of carbonyl (C=O) groups excluding carboxylic acids is 1. The first kappa shape index (κ1) is 8.53. The highest BCUT2D eigenvalue weighted by molar-refractivity contribution is 5.86. The number of likely N-dealkylation sites (tertiary alicyclic amines) is 1. The van der Waals surface area contributed by atoms with Crippen LogP contribution >= 0.6 is 0 Å². The Morgan fingerprint density at radius 1 is 1.46 bits per heavy atom. The zero-order chi connectivity index (χ0) is 9.42. The summed E-state index contributed by atoms with van der Waals surface area (Å²) < 4.78 is 0. The Kier molecular flexibility index (Phi) is 1.98. The number of carbonyl (C=O) groups is 2. The number of carboxylic acids is 1. The fourth-order valence-corrected chi connectivity index (χ4v) is 1.95. The van der Waals surface area contributed by atoms with Crippen LogP contribution in [0, 0.1) is 5.92 Å². The maximum atomic E-state index is 11.4. The number of hydrogen-bond donors (Lipinski definition) is 1. The second-order valence-corrected chi connectivity index (χ2v) is 3.87. The predicted octanol–water partition coefficient (Wildman–Crippen LogP) is 0.472. The van der Waals surface area contributed by atoms with Crippen LogP contribution in [-0.4, -0.2) is 34.5 Å². The fourth-order valence-electron chi connectivity index (χ4n) is 1.95. The van der Waals surface area contributed by atoms with Crippen LogP contribution in [0.15, 0.2) is 0 Å². The minimum atomic E-state index is -0.838. The normalized spacial score (nSPS) is 29.1. The molecule has 1 aliphatic carbocycles. The summed E-state index contributed by atoms with van der Waals surface area (Å²) in [6.45, 7) is 0.429. The van der Waals surface area contributed by atoms with Gasteiger partial charge in [-0.1, -0.05) is 0 Å². The van der Waals surface area contributed by atoms with Gasteiger partial charge >= 0.3 is 5.97 Å². The molecule has 1 saturated carbocycles.